The van der Waals surface area contributed by atoms with Gasteiger partial charge >= 0.3 is 0 Å². The van der Waals surface area contributed by atoms with Gasteiger partial charge < -0.3 is 4.90 Å². The van der Waals surface area contributed by atoms with E-state index in [2.05, 4.69) is 39.9 Å². The van der Waals surface area contributed by atoms with Crippen LogP contribution in [0.2, 0.25) is 0 Å². The molecular formula is C16H19N4S3+. The van der Waals surface area contributed by atoms with Crippen molar-refractivity contribution < 1.29 is 4.90 Å². The normalized spacial score (nSPS) is 20.6. The van der Waals surface area contributed by atoms with Crippen LogP contribution in [0.4, 0.5) is 0 Å². The maximum absolute atomic E-state index is 5.47. The Bertz CT molecular complexity index is 843. The van der Waals surface area contributed by atoms with Crippen molar-refractivity contribution in [2.24, 2.45) is 0 Å². The Morgan fingerprint density at radius 2 is 2.30 bits per heavy atom. The fourth-order valence-electron chi connectivity index (χ4n) is 3.42. The van der Waals surface area contributed by atoms with Gasteiger partial charge in [0.2, 0.25) is 4.77 Å². The number of hydrogen-bond acceptors (Lipinski definition) is 4. The van der Waals surface area contributed by atoms with Crippen LogP contribution in [0.1, 0.15) is 29.8 Å². The molecule has 23 heavy (non-hydrogen) atoms. The maximum Gasteiger partial charge on any atom is 0.221 e. The van der Waals surface area contributed by atoms with Crippen LogP contribution < -0.4 is 4.90 Å². The van der Waals surface area contributed by atoms with E-state index in [4.69, 9.17) is 12.2 Å². The zero-order valence-electron chi connectivity index (χ0n) is 12.9. The number of thiophene rings is 2. The van der Waals surface area contributed by atoms with E-state index in [1.807, 2.05) is 22.1 Å². The molecule has 0 spiro atoms. The van der Waals surface area contributed by atoms with Gasteiger partial charge in [-0.25, -0.2) is 4.68 Å². The van der Waals surface area contributed by atoms with Gasteiger partial charge in [0.15, 0.2) is 12.5 Å². The summed E-state index contributed by atoms with van der Waals surface area (Å²) in [5.74, 6) is 0.880. The fourth-order valence-corrected chi connectivity index (χ4v) is 5.23. The maximum atomic E-state index is 5.47. The Morgan fingerprint density at radius 1 is 1.39 bits per heavy atom. The third-order valence-electron chi connectivity index (χ3n) is 4.52. The molecule has 2 atom stereocenters. The number of hydrogen-bond donors (Lipinski definition) is 2. The molecule has 0 bridgehead atoms. The van der Waals surface area contributed by atoms with Crippen LogP contribution in [0.15, 0.2) is 29.0 Å². The van der Waals surface area contributed by atoms with Crippen molar-refractivity contribution in [1.29, 1.82) is 0 Å². The van der Waals surface area contributed by atoms with Crippen molar-refractivity contribution in [3.8, 4) is 10.7 Å². The number of aromatic nitrogens is 3. The molecule has 4 heterocycles. The summed E-state index contributed by atoms with van der Waals surface area (Å²) in [6.07, 6.45) is 2.32. The van der Waals surface area contributed by atoms with Crippen molar-refractivity contribution in [3.05, 3.63) is 44.2 Å². The lowest BCUT2D eigenvalue weighted by atomic mass is 9.98. The molecule has 0 fully saturated rings. The molecule has 120 valence electrons. The molecule has 4 rings (SSSR count). The van der Waals surface area contributed by atoms with Crippen LogP contribution in [0.5, 0.6) is 0 Å². The molecule has 0 aliphatic carbocycles. The summed E-state index contributed by atoms with van der Waals surface area (Å²) in [5, 5.41) is 7.68. The number of H-pyrrole nitrogens is 1. The smallest absolute Gasteiger partial charge is 0.221 e. The molecule has 3 aromatic rings. The van der Waals surface area contributed by atoms with Crippen molar-refractivity contribution in [2.45, 2.75) is 32.5 Å². The quantitative estimate of drug-likeness (QED) is 0.698. The molecule has 1 unspecified atom stereocenters. The molecule has 1 aliphatic rings. The lowest BCUT2D eigenvalue weighted by Crippen LogP contribution is -3.12. The van der Waals surface area contributed by atoms with Gasteiger partial charge in [-0.05, 0) is 35.1 Å². The highest BCUT2D eigenvalue weighted by Crippen LogP contribution is 2.27. The molecule has 3 aromatic heterocycles. The Hall–Kier alpha value is -1.28. The number of quaternary nitrogens is 1. The first-order valence-corrected chi connectivity index (χ1v) is 10.0. The molecule has 1 aliphatic heterocycles. The highest BCUT2D eigenvalue weighted by Gasteiger charge is 2.30. The van der Waals surface area contributed by atoms with Gasteiger partial charge in [-0.2, -0.15) is 4.98 Å². The SMILES string of the molecule is CC[C@H]1c2ccsc2CC[NH+]1Cn1[nH]c(-c2cccs2)nc1=S. The van der Waals surface area contributed by atoms with Crippen LogP contribution in [0, 0.1) is 4.77 Å². The topological polar surface area (TPSA) is 38.0 Å². The van der Waals surface area contributed by atoms with Crippen LogP contribution >= 0.6 is 34.9 Å². The van der Waals surface area contributed by atoms with E-state index in [1.165, 1.54) is 5.56 Å². The van der Waals surface area contributed by atoms with Gasteiger partial charge in [0, 0.05) is 23.3 Å². The van der Waals surface area contributed by atoms with E-state index in [0.29, 0.717) is 10.8 Å². The first kappa shape index (κ1) is 15.3. The second-order valence-electron chi connectivity index (χ2n) is 5.84. The zero-order chi connectivity index (χ0) is 15.8. The summed E-state index contributed by atoms with van der Waals surface area (Å²) < 4.78 is 2.67. The summed E-state index contributed by atoms with van der Waals surface area (Å²) >= 11 is 9.05. The third kappa shape index (κ3) is 2.82. The minimum absolute atomic E-state index is 0.556. The minimum atomic E-state index is 0.556. The molecule has 0 saturated carbocycles. The third-order valence-corrected chi connectivity index (χ3v) is 6.71. The Balaban J connectivity index is 1.60. The Morgan fingerprint density at radius 3 is 3.09 bits per heavy atom. The van der Waals surface area contributed by atoms with Crippen molar-refractivity contribution in [1.82, 2.24) is 14.8 Å². The number of rotatable bonds is 4. The average molecular weight is 364 g/mol. The molecule has 0 amide bonds. The van der Waals surface area contributed by atoms with Gasteiger partial charge in [-0.15, -0.1) is 22.7 Å². The van der Waals surface area contributed by atoms with E-state index < -0.39 is 0 Å². The monoisotopic (exact) mass is 363 g/mol. The molecule has 4 nitrogen and oxygen atoms in total. The first-order valence-electron chi connectivity index (χ1n) is 7.88. The predicted octanol–water partition coefficient (Wildman–Crippen LogP) is 3.28. The van der Waals surface area contributed by atoms with Gasteiger partial charge in [-0.1, -0.05) is 13.0 Å². The zero-order valence-corrected chi connectivity index (χ0v) is 15.4. The Labute approximate surface area is 148 Å². The fraction of sp³-hybridized carbons (Fsp3) is 0.375. The number of nitrogens with zero attached hydrogens (tertiary/aromatic N) is 2. The van der Waals surface area contributed by atoms with Crippen LogP contribution in [0.3, 0.4) is 0 Å². The molecule has 0 radical (unpaired) electrons. The molecular weight excluding hydrogens is 344 g/mol. The van der Waals surface area contributed by atoms with Gasteiger partial charge in [0.05, 0.1) is 11.4 Å². The van der Waals surface area contributed by atoms with E-state index >= 15 is 0 Å². The summed E-state index contributed by atoms with van der Waals surface area (Å²) in [4.78, 5) is 8.79. The standard InChI is InChI=1S/C16H18N4S3/c1-2-12-11-6-9-23-13(11)5-7-19(12)10-20-16(21)17-15(18-20)14-4-3-8-22-14/h3-4,6,8-9,12H,2,5,7,10H2,1H3,(H,17,18,21)/p+1/t12-/m0/s1. The molecule has 0 saturated heterocycles. The predicted molar refractivity (Wildman–Crippen MR) is 97.6 cm³/mol. The van der Waals surface area contributed by atoms with E-state index in [1.54, 1.807) is 21.1 Å². The second-order valence-corrected chi connectivity index (χ2v) is 8.15. The summed E-state index contributed by atoms with van der Waals surface area (Å²) in [7, 11) is 0. The van der Waals surface area contributed by atoms with Gasteiger partial charge in [0.25, 0.3) is 0 Å². The van der Waals surface area contributed by atoms with Crippen LogP contribution in [-0.2, 0) is 13.1 Å². The van der Waals surface area contributed by atoms with Crippen LogP contribution in [0.25, 0.3) is 10.7 Å². The van der Waals surface area contributed by atoms with E-state index in [-0.39, 0.29) is 0 Å². The lowest BCUT2D eigenvalue weighted by Gasteiger charge is -2.32. The molecule has 2 N–H and O–H groups in total. The highest BCUT2D eigenvalue weighted by molar-refractivity contribution is 7.71. The van der Waals surface area contributed by atoms with E-state index in [9.17, 15) is 0 Å². The van der Waals surface area contributed by atoms with E-state index in [0.717, 1.165) is 36.8 Å². The lowest BCUT2D eigenvalue weighted by molar-refractivity contribution is -0.956. The molecule has 7 heteroatoms. The number of aromatic amines is 1. The van der Waals surface area contributed by atoms with Gasteiger partial charge in [-0.3, -0.25) is 5.10 Å². The molecule has 0 aromatic carbocycles. The van der Waals surface area contributed by atoms with Crippen molar-refractivity contribution >= 4 is 34.9 Å². The summed E-state index contributed by atoms with van der Waals surface area (Å²) in [5.41, 5.74) is 1.53. The number of fused-ring (bicyclic) bond motifs is 1. The summed E-state index contributed by atoms with van der Waals surface area (Å²) in [6, 6.07) is 6.97. The van der Waals surface area contributed by atoms with Crippen LogP contribution in [-0.4, -0.2) is 21.3 Å². The summed E-state index contributed by atoms with van der Waals surface area (Å²) in [6.45, 7) is 4.28. The minimum Gasteiger partial charge on any atom is -0.310 e. The second kappa shape index (κ2) is 6.32. The average Bonchev–Trinajstić information content (AvgIpc) is 3.27. The number of nitrogens with one attached hydrogen (secondary N) is 2. The van der Waals surface area contributed by atoms with Crippen molar-refractivity contribution in [2.75, 3.05) is 6.54 Å². The highest BCUT2D eigenvalue weighted by atomic mass is 32.1. The first-order chi connectivity index (χ1) is 11.3. The largest absolute Gasteiger partial charge is 0.310 e. The van der Waals surface area contributed by atoms with Gasteiger partial charge in [0.1, 0.15) is 6.04 Å². The Kier molecular flexibility index (Phi) is 4.19. The van der Waals surface area contributed by atoms with Crippen molar-refractivity contribution in [3.63, 3.8) is 0 Å².